The molecule has 0 N–H and O–H groups in total. The number of benzene rings is 1. The summed E-state index contributed by atoms with van der Waals surface area (Å²) in [5.74, 6) is -0.204. The average molecular weight is 326 g/mol. The number of aromatic nitrogens is 2. The van der Waals surface area contributed by atoms with Crippen LogP contribution in [0.4, 0.5) is 0 Å². The molecule has 0 fully saturated rings. The standard InChI is InChI=1S/C15H17Cl2N3O/c1-10-5-4-6-11(13(10)17)15(21)14-12(16)9-18-20(14)8-7-19(2)3/h4-6,9H,7-8H2,1-3H3. The van der Waals surface area contributed by atoms with Gasteiger partial charge in [-0.25, -0.2) is 0 Å². The molecule has 0 unspecified atom stereocenters. The summed E-state index contributed by atoms with van der Waals surface area (Å²) in [6.45, 7) is 3.22. The monoisotopic (exact) mass is 325 g/mol. The zero-order valence-electron chi connectivity index (χ0n) is 12.2. The van der Waals surface area contributed by atoms with Crippen LogP contribution in [0, 0.1) is 6.92 Å². The first-order valence-corrected chi connectivity index (χ1v) is 7.33. The minimum absolute atomic E-state index is 0.204. The quantitative estimate of drug-likeness (QED) is 0.792. The van der Waals surface area contributed by atoms with Crippen LogP contribution in [0.2, 0.25) is 10.0 Å². The van der Waals surface area contributed by atoms with Crippen molar-refractivity contribution < 1.29 is 4.79 Å². The van der Waals surface area contributed by atoms with E-state index < -0.39 is 0 Å². The summed E-state index contributed by atoms with van der Waals surface area (Å²) in [6, 6.07) is 5.38. The van der Waals surface area contributed by atoms with Gasteiger partial charge in [0.1, 0.15) is 5.69 Å². The molecule has 0 bridgehead atoms. The minimum atomic E-state index is -0.204. The molecule has 0 spiro atoms. The van der Waals surface area contributed by atoms with Gasteiger partial charge in [-0.2, -0.15) is 5.10 Å². The molecule has 2 rings (SSSR count). The second-order valence-corrected chi connectivity index (χ2v) is 5.92. The highest BCUT2D eigenvalue weighted by Crippen LogP contribution is 2.26. The first kappa shape index (κ1) is 16.0. The maximum Gasteiger partial charge on any atom is 0.214 e. The Morgan fingerprint density at radius 1 is 1.33 bits per heavy atom. The highest BCUT2D eigenvalue weighted by atomic mass is 35.5. The molecule has 21 heavy (non-hydrogen) atoms. The van der Waals surface area contributed by atoms with E-state index in [2.05, 4.69) is 5.10 Å². The predicted octanol–water partition coefficient (Wildman–Crippen LogP) is 3.29. The molecule has 1 aromatic heterocycles. The number of carbonyl (C=O) groups is 1. The lowest BCUT2D eigenvalue weighted by molar-refractivity contribution is 0.102. The fraction of sp³-hybridized carbons (Fsp3) is 0.333. The van der Waals surface area contributed by atoms with Crippen molar-refractivity contribution in [3.8, 4) is 0 Å². The lowest BCUT2D eigenvalue weighted by Crippen LogP contribution is -2.22. The van der Waals surface area contributed by atoms with E-state index in [1.165, 1.54) is 6.20 Å². The zero-order chi connectivity index (χ0) is 15.6. The maximum atomic E-state index is 12.7. The fourth-order valence-electron chi connectivity index (χ4n) is 2.00. The van der Waals surface area contributed by atoms with Crippen molar-refractivity contribution in [2.45, 2.75) is 13.5 Å². The van der Waals surface area contributed by atoms with Crippen LogP contribution >= 0.6 is 23.2 Å². The Morgan fingerprint density at radius 3 is 2.71 bits per heavy atom. The molecule has 6 heteroatoms. The van der Waals surface area contributed by atoms with Gasteiger partial charge in [-0.3, -0.25) is 9.48 Å². The summed E-state index contributed by atoms with van der Waals surface area (Å²) >= 11 is 12.4. The SMILES string of the molecule is Cc1cccc(C(=O)c2c(Cl)cnn2CCN(C)C)c1Cl. The molecule has 0 aliphatic carbocycles. The van der Waals surface area contributed by atoms with Gasteiger partial charge in [0, 0.05) is 12.1 Å². The van der Waals surface area contributed by atoms with E-state index in [1.54, 1.807) is 10.7 Å². The van der Waals surface area contributed by atoms with Crippen LogP contribution in [0.5, 0.6) is 0 Å². The van der Waals surface area contributed by atoms with E-state index in [0.717, 1.165) is 12.1 Å². The Hall–Kier alpha value is -1.36. The molecule has 4 nitrogen and oxygen atoms in total. The molecular formula is C15H17Cl2N3O. The second-order valence-electron chi connectivity index (χ2n) is 5.13. The van der Waals surface area contributed by atoms with Gasteiger partial charge in [-0.05, 0) is 32.6 Å². The summed E-state index contributed by atoms with van der Waals surface area (Å²) in [6.07, 6.45) is 1.49. The molecule has 112 valence electrons. The highest BCUT2D eigenvalue weighted by molar-refractivity contribution is 6.38. The number of nitrogens with zero attached hydrogens (tertiary/aromatic N) is 3. The van der Waals surface area contributed by atoms with Crippen molar-refractivity contribution in [3.63, 3.8) is 0 Å². The highest BCUT2D eigenvalue weighted by Gasteiger charge is 2.21. The van der Waals surface area contributed by atoms with Crippen molar-refractivity contribution >= 4 is 29.0 Å². The van der Waals surface area contributed by atoms with Crippen LogP contribution in [0.3, 0.4) is 0 Å². The number of aryl methyl sites for hydroxylation is 1. The Bertz CT molecular complexity index is 665. The lowest BCUT2D eigenvalue weighted by atomic mass is 10.1. The van der Waals surface area contributed by atoms with Gasteiger partial charge in [0.25, 0.3) is 0 Å². The van der Waals surface area contributed by atoms with E-state index in [9.17, 15) is 4.79 Å². The molecule has 0 saturated heterocycles. The van der Waals surface area contributed by atoms with Crippen LogP contribution in [0.1, 0.15) is 21.6 Å². The number of rotatable bonds is 5. The molecule has 0 atom stereocenters. The van der Waals surface area contributed by atoms with Crippen LogP contribution in [-0.4, -0.2) is 41.1 Å². The summed E-state index contributed by atoms with van der Waals surface area (Å²) < 4.78 is 1.63. The molecule has 0 radical (unpaired) electrons. The Kier molecular flexibility index (Phi) is 5.04. The van der Waals surface area contributed by atoms with E-state index in [-0.39, 0.29) is 5.78 Å². The van der Waals surface area contributed by atoms with E-state index in [4.69, 9.17) is 23.2 Å². The van der Waals surface area contributed by atoms with Gasteiger partial charge in [0.2, 0.25) is 5.78 Å². The normalized spacial score (nSPS) is 11.1. The molecule has 1 aromatic carbocycles. The van der Waals surface area contributed by atoms with E-state index in [1.807, 2.05) is 38.1 Å². The number of halogens is 2. The van der Waals surface area contributed by atoms with Crippen molar-refractivity contribution in [2.75, 3.05) is 20.6 Å². The molecule has 0 amide bonds. The third kappa shape index (κ3) is 3.46. The molecule has 2 aromatic rings. The molecule has 0 aliphatic heterocycles. The predicted molar refractivity (Wildman–Crippen MR) is 85.4 cm³/mol. The summed E-state index contributed by atoms with van der Waals surface area (Å²) in [5, 5.41) is 4.98. The number of ketones is 1. The first-order valence-electron chi connectivity index (χ1n) is 6.57. The Morgan fingerprint density at radius 2 is 2.05 bits per heavy atom. The first-order chi connectivity index (χ1) is 9.91. The third-order valence-electron chi connectivity index (χ3n) is 3.21. The third-order valence-corrected chi connectivity index (χ3v) is 3.98. The smallest absolute Gasteiger partial charge is 0.214 e. The molecule has 0 saturated carbocycles. The second kappa shape index (κ2) is 6.60. The van der Waals surface area contributed by atoms with Crippen LogP contribution in [0.15, 0.2) is 24.4 Å². The van der Waals surface area contributed by atoms with Gasteiger partial charge in [0.15, 0.2) is 0 Å². The fourth-order valence-corrected chi connectivity index (χ4v) is 2.44. The molecule has 0 aliphatic rings. The van der Waals surface area contributed by atoms with Gasteiger partial charge < -0.3 is 4.90 Å². The summed E-state index contributed by atoms with van der Waals surface area (Å²) in [7, 11) is 3.92. The van der Waals surface area contributed by atoms with Crippen LogP contribution in [0.25, 0.3) is 0 Å². The zero-order valence-corrected chi connectivity index (χ0v) is 13.7. The number of carbonyl (C=O) groups excluding carboxylic acids is 1. The van der Waals surface area contributed by atoms with Crippen LogP contribution < -0.4 is 0 Å². The minimum Gasteiger partial charge on any atom is -0.308 e. The van der Waals surface area contributed by atoms with Crippen molar-refractivity contribution in [3.05, 3.63) is 51.3 Å². The van der Waals surface area contributed by atoms with E-state index in [0.29, 0.717) is 27.8 Å². The number of likely N-dealkylation sites (N-methyl/N-ethyl adjacent to an activating group) is 1. The molecular weight excluding hydrogens is 309 g/mol. The van der Waals surface area contributed by atoms with Crippen molar-refractivity contribution in [1.29, 1.82) is 0 Å². The number of hydrogen-bond acceptors (Lipinski definition) is 3. The van der Waals surface area contributed by atoms with Crippen molar-refractivity contribution in [2.24, 2.45) is 0 Å². The Balaban J connectivity index is 2.39. The van der Waals surface area contributed by atoms with Gasteiger partial charge in [-0.1, -0.05) is 35.3 Å². The molecule has 1 heterocycles. The number of hydrogen-bond donors (Lipinski definition) is 0. The summed E-state index contributed by atoms with van der Waals surface area (Å²) in [4.78, 5) is 14.7. The average Bonchev–Trinajstić information content (AvgIpc) is 2.80. The Labute approximate surface area is 134 Å². The van der Waals surface area contributed by atoms with Gasteiger partial charge in [0.05, 0.1) is 22.8 Å². The lowest BCUT2D eigenvalue weighted by Gasteiger charge is -2.12. The van der Waals surface area contributed by atoms with Gasteiger partial charge >= 0.3 is 0 Å². The van der Waals surface area contributed by atoms with Crippen LogP contribution in [-0.2, 0) is 6.54 Å². The topological polar surface area (TPSA) is 38.1 Å². The van der Waals surface area contributed by atoms with E-state index >= 15 is 0 Å². The largest absolute Gasteiger partial charge is 0.308 e. The summed E-state index contributed by atoms with van der Waals surface area (Å²) in [5.41, 5.74) is 1.69. The maximum absolute atomic E-state index is 12.7. The van der Waals surface area contributed by atoms with Crippen molar-refractivity contribution in [1.82, 2.24) is 14.7 Å². The van der Waals surface area contributed by atoms with Gasteiger partial charge in [-0.15, -0.1) is 0 Å².